The normalized spacial score (nSPS) is 31.6. The number of nitro groups is 1. The van der Waals surface area contributed by atoms with Crippen LogP contribution >= 0.6 is 0 Å². The van der Waals surface area contributed by atoms with Crippen LogP contribution in [0.2, 0.25) is 0 Å². The first kappa shape index (κ1) is 30.3. The van der Waals surface area contributed by atoms with Gasteiger partial charge in [0, 0.05) is 10.8 Å². The van der Waals surface area contributed by atoms with Crippen molar-refractivity contribution in [3.8, 4) is 0 Å². The van der Waals surface area contributed by atoms with Gasteiger partial charge < -0.3 is 23.7 Å². The standard InChI is InChI=1S/C27H41NO10S/c1-9-16(14-28(29)30)23(17-10-12-18(13-11-17)25(2,3)4)39(31,32)38-21-20(19-15-33-26(5,6)35-19)34-24-22(21)36-27(7,8)37-24/h10-13,16,19-24H,9,14-15H2,1-8H3/t16-,19-,20-,21-,22-,23-,24-/m1/s1. The third kappa shape index (κ3) is 6.64. The molecule has 3 aliphatic rings. The highest BCUT2D eigenvalue weighted by molar-refractivity contribution is 7.87. The lowest BCUT2D eigenvalue weighted by Gasteiger charge is -2.31. The van der Waals surface area contributed by atoms with E-state index in [1.807, 2.05) is 12.1 Å². The molecule has 11 nitrogen and oxygen atoms in total. The highest BCUT2D eigenvalue weighted by Gasteiger charge is 2.60. The van der Waals surface area contributed by atoms with Gasteiger partial charge in [-0.25, -0.2) is 0 Å². The minimum absolute atomic E-state index is 0.151. The van der Waals surface area contributed by atoms with Crippen LogP contribution in [0.15, 0.2) is 24.3 Å². The summed E-state index contributed by atoms with van der Waals surface area (Å²) in [5.74, 6) is -2.73. The van der Waals surface area contributed by atoms with Crippen molar-refractivity contribution in [2.75, 3.05) is 13.2 Å². The third-order valence-electron chi connectivity index (χ3n) is 7.42. The highest BCUT2D eigenvalue weighted by Crippen LogP contribution is 2.44. The van der Waals surface area contributed by atoms with Gasteiger partial charge >= 0.3 is 0 Å². The van der Waals surface area contributed by atoms with Gasteiger partial charge in [-0.3, -0.25) is 14.3 Å². The van der Waals surface area contributed by atoms with Crippen molar-refractivity contribution in [1.82, 2.24) is 0 Å². The Morgan fingerprint density at radius 1 is 1.05 bits per heavy atom. The van der Waals surface area contributed by atoms with E-state index >= 15 is 0 Å². The number of hydrogen-bond donors (Lipinski definition) is 0. The summed E-state index contributed by atoms with van der Waals surface area (Å²) in [6.45, 7) is 14.5. The Balaban J connectivity index is 1.70. The molecule has 220 valence electrons. The summed E-state index contributed by atoms with van der Waals surface area (Å²) in [4.78, 5) is 11.1. The fourth-order valence-corrected chi connectivity index (χ4v) is 7.37. The van der Waals surface area contributed by atoms with Crippen molar-refractivity contribution >= 4 is 10.1 Å². The predicted octanol–water partition coefficient (Wildman–Crippen LogP) is 4.07. The molecule has 0 unspecified atom stereocenters. The van der Waals surface area contributed by atoms with Crippen molar-refractivity contribution in [3.05, 3.63) is 45.5 Å². The van der Waals surface area contributed by atoms with Crippen LogP contribution in [-0.2, 0) is 43.4 Å². The molecule has 3 fully saturated rings. The third-order valence-corrected chi connectivity index (χ3v) is 9.19. The van der Waals surface area contributed by atoms with Crippen molar-refractivity contribution in [2.24, 2.45) is 5.92 Å². The van der Waals surface area contributed by atoms with E-state index < -0.39 is 75.0 Å². The van der Waals surface area contributed by atoms with E-state index in [9.17, 15) is 18.5 Å². The Bertz CT molecular complexity index is 1140. The van der Waals surface area contributed by atoms with E-state index in [-0.39, 0.29) is 18.4 Å². The molecular formula is C27H41NO10S. The number of benzene rings is 1. The number of hydrogen-bond acceptors (Lipinski definition) is 10. The summed E-state index contributed by atoms with van der Waals surface area (Å²) in [6.07, 6.45) is -4.09. The first-order valence-electron chi connectivity index (χ1n) is 13.4. The zero-order valence-electron chi connectivity index (χ0n) is 23.9. The lowest BCUT2D eigenvalue weighted by molar-refractivity contribution is -0.488. The minimum Gasteiger partial charge on any atom is -0.348 e. The van der Waals surface area contributed by atoms with Crippen molar-refractivity contribution < 1.29 is 41.2 Å². The molecule has 3 aliphatic heterocycles. The van der Waals surface area contributed by atoms with Crippen LogP contribution in [0.1, 0.15) is 78.2 Å². The molecular weight excluding hydrogens is 530 g/mol. The lowest BCUT2D eigenvalue weighted by Crippen LogP contribution is -2.46. The van der Waals surface area contributed by atoms with Gasteiger partial charge in [0.25, 0.3) is 10.1 Å². The van der Waals surface area contributed by atoms with E-state index in [0.29, 0.717) is 5.56 Å². The number of ether oxygens (including phenoxy) is 5. The van der Waals surface area contributed by atoms with Crippen LogP contribution in [0.3, 0.4) is 0 Å². The summed E-state index contributed by atoms with van der Waals surface area (Å²) in [5.41, 5.74) is 1.29. The summed E-state index contributed by atoms with van der Waals surface area (Å²) in [7, 11) is -4.45. The molecule has 0 N–H and O–H groups in total. The molecule has 0 saturated carbocycles. The van der Waals surface area contributed by atoms with Gasteiger partial charge in [-0.2, -0.15) is 8.42 Å². The fraction of sp³-hybridized carbons (Fsp3) is 0.778. The quantitative estimate of drug-likeness (QED) is 0.243. The van der Waals surface area contributed by atoms with Gasteiger partial charge in [-0.05, 0) is 50.7 Å². The van der Waals surface area contributed by atoms with Gasteiger partial charge in [-0.1, -0.05) is 52.0 Å². The molecule has 4 rings (SSSR count). The second kappa shape index (κ2) is 10.6. The maximum Gasteiger partial charge on any atom is 0.275 e. The van der Waals surface area contributed by atoms with Gasteiger partial charge in [0.05, 0.1) is 6.61 Å². The lowest BCUT2D eigenvalue weighted by atomic mass is 9.86. The summed E-state index contributed by atoms with van der Waals surface area (Å²) in [5, 5.41) is 10.3. The van der Waals surface area contributed by atoms with Crippen molar-refractivity contribution in [2.45, 2.75) is 115 Å². The Labute approximate surface area is 230 Å². The molecule has 1 aromatic rings. The Morgan fingerprint density at radius 2 is 1.69 bits per heavy atom. The minimum atomic E-state index is -4.45. The number of nitrogens with zero attached hydrogens (tertiary/aromatic N) is 1. The molecule has 0 aromatic heterocycles. The second-order valence-electron chi connectivity index (χ2n) is 12.5. The molecule has 1 aromatic carbocycles. The highest BCUT2D eigenvalue weighted by atomic mass is 32.2. The van der Waals surface area contributed by atoms with E-state index in [2.05, 4.69) is 20.8 Å². The Kier molecular flexibility index (Phi) is 8.25. The molecule has 0 amide bonds. The summed E-state index contributed by atoms with van der Waals surface area (Å²) >= 11 is 0. The molecule has 0 aliphatic carbocycles. The molecule has 0 bridgehead atoms. The molecule has 7 atom stereocenters. The Morgan fingerprint density at radius 3 is 2.21 bits per heavy atom. The van der Waals surface area contributed by atoms with Gasteiger partial charge in [0.1, 0.15) is 29.7 Å². The van der Waals surface area contributed by atoms with Gasteiger partial charge in [0.2, 0.25) is 6.54 Å². The van der Waals surface area contributed by atoms with Crippen LogP contribution in [0, 0.1) is 16.0 Å². The van der Waals surface area contributed by atoms with E-state index in [0.717, 1.165) is 5.56 Å². The zero-order chi connectivity index (χ0) is 29.0. The van der Waals surface area contributed by atoms with Crippen LogP contribution < -0.4 is 0 Å². The van der Waals surface area contributed by atoms with Crippen LogP contribution in [0.25, 0.3) is 0 Å². The molecule has 12 heteroatoms. The number of fused-ring (bicyclic) bond motifs is 1. The Hall–Kier alpha value is -1.67. The molecule has 39 heavy (non-hydrogen) atoms. The first-order chi connectivity index (χ1) is 17.9. The maximum absolute atomic E-state index is 14.1. The SMILES string of the molecule is CC[C@H](C[N+](=O)[O-])[C@H](c1ccc(C(C)(C)C)cc1)S(=O)(=O)O[C@H]1[C@H]2OC(C)(C)O[C@H]2O[C@@H]1[C@H]1COC(C)(C)O1. The van der Waals surface area contributed by atoms with Gasteiger partial charge in [-0.15, -0.1) is 0 Å². The van der Waals surface area contributed by atoms with Crippen molar-refractivity contribution in [1.29, 1.82) is 0 Å². The van der Waals surface area contributed by atoms with Gasteiger partial charge in [0.15, 0.2) is 17.9 Å². The molecule has 0 spiro atoms. The fourth-order valence-electron chi connectivity index (χ4n) is 5.48. The zero-order valence-corrected chi connectivity index (χ0v) is 24.7. The molecule has 0 radical (unpaired) electrons. The smallest absolute Gasteiger partial charge is 0.275 e. The van der Waals surface area contributed by atoms with E-state index in [1.165, 1.54) is 0 Å². The average molecular weight is 572 g/mol. The van der Waals surface area contributed by atoms with Crippen LogP contribution in [0.4, 0.5) is 0 Å². The molecule has 3 saturated heterocycles. The summed E-state index contributed by atoms with van der Waals surface area (Å²) in [6, 6.07) is 7.15. The van der Waals surface area contributed by atoms with Crippen molar-refractivity contribution in [3.63, 3.8) is 0 Å². The average Bonchev–Trinajstić information content (AvgIpc) is 3.41. The summed E-state index contributed by atoms with van der Waals surface area (Å²) < 4.78 is 63.9. The van der Waals surface area contributed by atoms with E-state index in [4.69, 9.17) is 27.9 Å². The largest absolute Gasteiger partial charge is 0.348 e. The van der Waals surface area contributed by atoms with Crippen LogP contribution in [-0.4, -0.2) is 68.8 Å². The maximum atomic E-state index is 14.1. The number of rotatable bonds is 9. The predicted molar refractivity (Wildman–Crippen MR) is 141 cm³/mol. The van der Waals surface area contributed by atoms with E-state index in [1.54, 1.807) is 46.8 Å². The first-order valence-corrected chi connectivity index (χ1v) is 14.9. The second-order valence-corrected chi connectivity index (χ2v) is 14.2. The topological polar surface area (TPSA) is 133 Å². The van der Waals surface area contributed by atoms with Crippen LogP contribution in [0.5, 0.6) is 0 Å². The monoisotopic (exact) mass is 571 g/mol. The molecule has 3 heterocycles.